The van der Waals surface area contributed by atoms with E-state index in [9.17, 15) is 5.11 Å². The third-order valence-corrected chi connectivity index (χ3v) is 6.38. The Kier molecular flexibility index (Phi) is 6.09. The lowest BCUT2D eigenvalue weighted by Crippen LogP contribution is -2.63. The van der Waals surface area contributed by atoms with Gasteiger partial charge in [-0.3, -0.25) is 0 Å². The molecule has 2 saturated heterocycles. The topological polar surface area (TPSA) is 45.2 Å². The van der Waals surface area contributed by atoms with Crippen molar-refractivity contribution in [1.29, 1.82) is 0 Å². The minimum atomic E-state index is -0.605. The van der Waals surface area contributed by atoms with Crippen molar-refractivity contribution in [2.75, 3.05) is 38.2 Å². The molecular weight excluding hydrogens is 364 g/mol. The Morgan fingerprint density at radius 1 is 1.07 bits per heavy atom. The van der Waals surface area contributed by atoms with Crippen LogP contribution in [0.5, 0.6) is 5.75 Å². The van der Waals surface area contributed by atoms with Gasteiger partial charge in [0.25, 0.3) is 0 Å². The number of ether oxygens (including phenoxy) is 2. The van der Waals surface area contributed by atoms with Crippen molar-refractivity contribution in [3.05, 3.63) is 60.2 Å². The minimum absolute atomic E-state index is 0.185. The first-order valence-electron chi connectivity index (χ1n) is 10.6. The number of piperidine rings is 1. The van der Waals surface area contributed by atoms with Gasteiger partial charge >= 0.3 is 0 Å². The lowest BCUT2D eigenvalue weighted by Gasteiger charge is -2.52. The summed E-state index contributed by atoms with van der Waals surface area (Å²) in [6.07, 6.45) is 2.15. The Bertz CT molecular complexity index is 790. The predicted molar refractivity (Wildman–Crippen MR) is 115 cm³/mol. The first-order chi connectivity index (χ1) is 14.1. The molecule has 0 aromatic heterocycles. The van der Waals surface area contributed by atoms with Crippen LogP contribution in [0.25, 0.3) is 0 Å². The summed E-state index contributed by atoms with van der Waals surface area (Å²) in [5, 5.41) is 10.7. The summed E-state index contributed by atoms with van der Waals surface area (Å²) in [6.45, 7) is 5.77. The Balaban J connectivity index is 1.37. The first kappa shape index (κ1) is 20.2. The van der Waals surface area contributed by atoms with Crippen LogP contribution in [0, 0.1) is 0 Å². The van der Waals surface area contributed by atoms with Crippen LogP contribution in [-0.4, -0.2) is 61.2 Å². The lowest BCUT2D eigenvalue weighted by atomic mass is 9.88. The second kappa shape index (κ2) is 8.74. The fraction of sp³-hybridized carbons (Fsp3) is 0.500. The molecule has 1 N–H and O–H groups in total. The van der Waals surface area contributed by atoms with Crippen LogP contribution in [0.1, 0.15) is 25.3 Å². The van der Waals surface area contributed by atoms with Crippen molar-refractivity contribution >= 4 is 5.69 Å². The molecule has 2 fully saturated rings. The predicted octanol–water partition coefficient (Wildman–Crippen LogP) is 3.32. The second-order valence-corrected chi connectivity index (χ2v) is 8.29. The normalized spacial score (nSPS) is 24.6. The number of hydrogen-bond acceptors (Lipinski definition) is 5. The van der Waals surface area contributed by atoms with Crippen molar-refractivity contribution in [2.24, 2.45) is 0 Å². The standard InChI is InChI=1S/C24H32N2O3/c1-19-23(27)26(21-9-4-3-5-10-21)18-24(29-19)13-16-25(17-14-24)15-12-20-8-6-7-11-22(20)28-2/h3-11,19,23,27H,12-18H2,1-2H3. The number of para-hydroxylation sites is 2. The number of nitrogens with zero attached hydrogens (tertiary/aromatic N) is 2. The van der Waals surface area contributed by atoms with Gasteiger partial charge in [-0.1, -0.05) is 36.4 Å². The van der Waals surface area contributed by atoms with Gasteiger partial charge in [0, 0.05) is 31.9 Å². The number of likely N-dealkylation sites (tertiary alicyclic amines) is 1. The van der Waals surface area contributed by atoms with Crippen LogP contribution in [0.3, 0.4) is 0 Å². The Hall–Kier alpha value is -2.08. The molecule has 2 aromatic rings. The maximum Gasteiger partial charge on any atom is 0.153 e. The van der Waals surface area contributed by atoms with Gasteiger partial charge in [0.05, 0.1) is 12.7 Å². The highest BCUT2D eigenvalue weighted by atomic mass is 16.5. The average molecular weight is 397 g/mol. The Morgan fingerprint density at radius 2 is 1.76 bits per heavy atom. The molecule has 4 rings (SSSR count). The van der Waals surface area contributed by atoms with Crippen molar-refractivity contribution in [1.82, 2.24) is 4.90 Å². The molecule has 0 radical (unpaired) electrons. The van der Waals surface area contributed by atoms with Gasteiger partial charge in [0.15, 0.2) is 6.23 Å². The molecule has 0 aliphatic carbocycles. The molecule has 0 saturated carbocycles. The molecule has 5 nitrogen and oxygen atoms in total. The summed E-state index contributed by atoms with van der Waals surface area (Å²) in [7, 11) is 1.73. The first-order valence-corrected chi connectivity index (χ1v) is 10.6. The highest BCUT2D eigenvalue weighted by Gasteiger charge is 2.45. The molecule has 2 unspecified atom stereocenters. The average Bonchev–Trinajstić information content (AvgIpc) is 2.77. The molecule has 2 heterocycles. The van der Waals surface area contributed by atoms with E-state index < -0.39 is 6.23 Å². The van der Waals surface area contributed by atoms with Gasteiger partial charge in [-0.05, 0) is 49.9 Å². The smallest absolute Gasteiger partial charge is 0.153 e. The number of aliphatic hydroxyl groups is 1. The molecule has 2 aliphatic rings. The molecule has 5 heteroatoms. The van der Waals surface area contributed by atoms with Crippen molar-refractivity contribution in [3.63, 3.8) is 0 Å². The van der Waals surface area contributed by atoms with E-state index in [0.717, 1.165) is 56.9 Å². The van der Waals surface area contributed by atoms with E-state index in [2.05, 4.69) is 34.1 Å². The van der Waals surface area contributed by atoms with Crippen LogP contribution in [0.4, 0.5) is 5.69 Å². The number of benzene rings is 2. The monoisotopic (exact) mass is 396 g/mol. The van der Waals surface area contributed by atoms with Gasteiger partial charge in [-0.2, -0.15) is 0 Å². The van der Waals surface area contributed by atoms with E-state index in [1.807, 2.05) is 37.3 Å². The van der Waals surface area contributed by atoms with Gasteiger partial charge in [-0.25, -0.2) is 0 Å². The maximum atomic E-state index is 10.7. The zero-order chi connectivity index (χ0) is 20.3. The van der Waals surface area contributed by atoms with Crippen LogP contribution in [0.2, 0.25) is 0 Å². The maximum absolute atomic E-state index is 10.7. The van der Waals surface area contributed by atoms with E-state index in [1.54, 1.807) is 7.11 Å². The Labute approximate surface area is 173 Å². The Morgan fingerprint density at radius 3 is 2.48 bits per heavy atom. The molecule has 29 heavy (non-hydrogen) atoms. The van der Waals surface area contributed by atoms with E-state index >= 15 is 0 Å². The highest BCUT2D eigenvalue weighted by molar-refractivity contribution is 5.48. The van der Waals surface area contributed by atoms with E-state index in [-0.39, 0.29) is 11.7 Å². The van der Waals surface area contributed by atoms with Crippen molar-refractivity contribution in [3.8, 4) is 5.75 Å². The number of anilines is 1. The third-order valence-electron chi connectivity index (χ3n) is 6.38. The number of methoxy groups -OCH3 is 1. The van der Waals surface area contributed by atoms with Gasteiger partial charge in [-0.15, -0.1) is 0 Å². The molecule has 156 valence electrons. The summed E-state index contributed by atoms with van der Waals surface area (Å²) >= 11 is 0. The fourth-order valence-electron chi connectivity index (χ4n) is 4.66. The summed E-state index contributed by atoms with van der Waals surface area (Å²) in [6, 6.07) is 18.5. The second-order valence-electron chi connectivity index (χ2n) is 8.29. The molecular formula is C24H32N2O3. The summed E-state index contributed by atoms with van der Waals surface area (Å²) in [5.74, 6) is 0.970. The largest absolute Gasteiger partial charge is 0.496 e. The highest BCUT2D eigenvalue weighted by Crippen LogP contribution is 2.36. The number of morpholine rings is 1. The van der Waals surface area contributed by atoms with Crippen LogP contribution in [-0.2, 0) is 11.2 Å². The van der Waals surface area contributed by atoms with E-state index in [0.29, 0.717) is 0 Å². The van der Waals surface area contributed by atoms with Gasteiger partial charge in [0.2, 0.25) is 0 Å². The van der Waals surface area contributed by atoms with Gasteiger partial charge < -0.3 is 24.4 Å². The fourth-order valence-corrected chi connectivity index (χ4v) is 4.66. The minimum Gasteiger partial charge on any atom is -0.496 e. The summed E-state index contributed by atoms with van der Waals surface area (Å²) < 4.78 is 11.9. The molecule has 2 atom stereocenters. The van der Waals surface area contributed by atoms with E-state index in [1.165, 1.54) is 5.56 Å². The zero-order valence-electron chi connectivity index (χ0n) is 17.5. The molecule has 2 aliphatic heterocycles. The lowest BCUT2D eigenvalue weighted by molar-refractivity contribution is -0.173. The van der Waals surface area contributed by atoms with Crippen LogP contribution >= 0.6 is 0 Å². The number of rotatable bonds is 5. The summed E-state index contributed by atoms with van der Waals surface area (Å²) in [4.78, 5) is 4.63. The zero-order valence-corrected chi connectivity index (χ0v) is 17.5. The molecule has 1 spiro atoms. The van der Waals surface area contributed by atoms with Crippen LogP contribution < -0.4 is 9.64 Å². The molecule has 0 amide bonds. The third kappa shape index (κ3) is 4.42. The van der Waals surface area contributed by atoms with E-state index in [4.69, 9.17) is 9.47 Å². The van der Waals surface area contributed by atoms with Crippen LogP contribution in [0.15, 0.2) is 54.6 Å². The molecule has 2 aromatic carbocycles. The summed E-state index contributed by atoms with van der Waals surface area (Å²) in [5.41, 5.74) is 2.14. The van der Waals surface area contributed by atoms with Crippen molar-refractivity contribution < 1.29 is 14.6 Å². The van der Waals surface area contributed by atoms with Crippen molar-refractivity contribution in [2.45, 2.75) is 44.1 Å². The number of aliphatic hydroxyl groups excluding tert-OH is 1. The SMILES string of the molecule is COc1ccccc1CCN1CCC2(CC1)CN(c1ccccc1)C(O)C(C)O2. The quantitative estimate of drug-likeness (QED) is 0.840. The van der Waals surface area contributed by atoms with Gasteiger partial charge in [0.1, 0.15) is 11.9 Å². The molecule has 0 bridgehead atoms. The number of hydrogen-bond donors (Lipinski definition) is 1.